The van der Waals surface area contributed by atoms with Gasteiger partial charge in [0.25, 0.3) is 0 Å². The van der Waals surface area contributed by atoms with Gasteiger partial charge in [-0.15, -0.1) is 0 Å². The summed E-state index contributed by atoms with van der Waals surface area (Å²) in [4.78, 5) is 11.0. The van der Waals surface area contributed by atoms with Crippen molar-refractivity contribution in [1.29, 1.82) is 0 Å². The normalized spacial score (nSPS) is 10.5. The molecule has 0 aliphatic heterocycles. The highest BCUT2D eigenvalue weighted by molar-refractivity contribution is 5.89. The van der Waals surface area contributed by atoms with Crippen LogP contribution < -0.4 is 0 Å². The first-order valence-electron chi connectivity index (χ1n) is 6.28. The van der Waals surface area contributed by atoms with E-state index in [1.807, 2.05) is 0 Å². The number of nitrogens with zero attached hydrogens (tertiary/aromatic N) is 1. The van der Waals surface area contributed by atoms with Crippen molar-refractivity contribution >= 4 is 5.97 Å². The van der Waals surface area contributed by atoms with E-state index in [1.54, 1.807) is 36.4 Å². The number of hydrogen-bond donors (Lipinski definition) is 2. The molecule has 0 saturated heterocycles. The topological polar surface area (TPSA) is 66.0 Å². The Morgan fingerprint density at radius 3 is 2.57 bits per heavy atom. The summed E-state index contributed by atoms with van der Waals surface area (Å²) in [5, 5.41) is 16.0. The summed E-state index contributed by atoms with van der Waals surface area (Å²) in [6.45, 7) is 0. The molecule has 0 atom stereocenters. The molecule has 0 spiro atoms. The fourth-order valence-electron chi connectivity index (χ4n) is 2.09. The molecule has 1 heterocycles. The molecule has 104 valence electrons. The summed E-state index contributed by atoms with van der Waals surface area (Å²) in [5.74, 6) is -1.31. The van der Waals surface area contributed by atoms with Gasteiger partial charge in [0, 0.05) is 11.1 Å². The summed E-state index contributed by atoms with van der Waals surface area (Å²) in [5.41, 5.74) is 2.86. The fraction of sp³-hybridized carbons (Fsp3) is 0. The summed E-state index contributed by atoms with van der Waals surface area (Å²) >= 11 is 0. The minimum atomic E-state index is -0.985. The van der Waals surface area contributed by atoms with Crippen LogP contribution in [0.4, 0.5) is 4.39 Å². The molecule has 21 heavy (non-hydrogen) atoms. The maximum atomic E-state index is 13.2. The van der Waals surface area contributed by atoms with Crippen molar-refractivity contribution in [1.82, 2.24) is 10.2 Å². The zero-order valence-corrected chi connectivity index (χ0v) is 10.9. The van der Waals surface area contributed by atoms with E-state index < -0.39 is 5.97 Å². The van der Waals surface area contributed by atoms with Gasteiger partial charge in [-0.1, -0.05) is 24.3 Å². The molecular formula is C16H11FN2O2. The molecule has 0 amide bonds. The quantitative estimate of drug-likeness (QED) is 0.771. The highest BCUT2D eigenvalue weighted by Crippen LogP contribution is 2.24. The number of aromatic amines is 1. The number of halogens is 1. The van der Waals surface area contributed by atoms with Crippen LogP contribution in [0.5, 0.6) is 0 Å². The van der Waals surface area contributed by atoms with Gasteiger partial charge < -0.3 is 5.11 Å². The van der Waals surface area contributed by atoms with E-state index in [1.165, 1.54) is 18.2 Å². The van der Waals surface area contributed by atoms with Crippen LogP contribution in [0.3, 0.4) is 0 Å². The Morgan fingerprint density at radius 2 is 1.81 bits per heavy atom. The van der Waals surface area contributed by atoms with Crippen molar-refractivity contribution in [2.75, 3.05) is 0 Å². The third-order valence-electron chi connectivity index (χ3n) is 3.12. The molecule has 4 nitrogen and oxygen atoms in total. The number of aromatic nitrogens is 2. The number of carboxylic acid groups (broad SMARTS) is 1. The summed E-state index contributed by atoms with van der Waals surface area (Å²) in [7, 11) is 0. The second-order valence-electron chi connectivity index (χ2n) is 4.56. The van der Waals surface area contributed by atoms with Gasteiger partial charge in [-0.3, -0.25) is 5.10 Å². The predicted molar refractivity (Wildman–Crippen MR) is 76.4 cm³/mol. The Morgan fingerprint density at radius 1 is 1.05 bits per heavy atom. The maximum absolute atomic E-state index is 13.2. The molecule has 0 aliphatic rings. The lowest BCUT2D eigenvalue weighted by Gasteiger charge is -1.99. The van der Waals surface area contributed by atoms with Gasteiger partial charge in [-0.05, 0) is 30.3 Å². The van der Waals surface area contributed by atoms with Gasteiger partial charge >= 0.3 is 5.97 Å². The fourth-order valence-corrected chi connectivity index (χ4v) is 2.09. The molecule has 3 rings (SSSR count). The number of carbonyl (C=O) groups is 1. The monoisotopic (exact) mass is 282 g/mol. The van der Waals surface area contributed by atoms with Gasteiger partial charge in [0.1, 0.15) is 5.82 Å². The third kappa shape index (κ3) is 2.67. The number of rotatable bonds is 3. The van der Waals surface area contributed by atoms with Crippen molar-refractivity contribution in [3.63, 3.8) is 0 Å². The van der Waals surface area contributed by atoms with Crippen molar-refractivity contribution in [2.45, 2.75) is 0 Å². The molecule has 2 aromatic carbocycles. The lowest BCUT2D eigenvalue weighted by molar-refractivity contribution is 0.0697. The average molecular weight is 282 g/mol. The van der Waals surface area contributed by atoms with Crippen LogP contribution in [-0.4, -0.2) is 21.3 Å². The van der Waals surface area contributed by atoms with Crippen molar-refractivity contribution in [3.8, 4) is 22.5 Å². The maximum Gasteiger partial charge on any atom is 0.335 e. The Hall–Kier alpha value is -2.95. The number of hydrogen-bond acceptors (Lipinski definition) is 2. The van der Waals surface area contributed by atoms with Crippen LogP contribution >= 0.6 is 0 Å². The Bertz CT molecular complexity index is 811. The van der Waals surface area contributed by atoms with E-state index in [2.05, 4.69) is 10.2 Å². The van der Waals surface area contributed by atoms with E-state index in [9.17, 15) is 9.18 Å². The number of benzene rings is 2. The van der Waals surface area contributed by atoms with Crippen LogP contribution in [0.2, 0.25) is 0 Å². The second-order valence-corrected chi connectivity index (χ2v) is 4.56. The molecule has 0 aliphatic carbocycles. The Kier molecular flexibility index (Phi) is 3.23. The first-order chi connectivity index (χ1) is 10.1. The van der Waals surface area contributed by atoms with Crippen LogP contribution in [-0.2, 0) is 0 Å². The first kappa shape index (κ1) is 13.1. The number of nitrogens with one attached hydrogen (secondary N) is 1. The highest BCUT2D eigenvalue weighted by atomic mass is 19.1. The van der Waals surface area contributed by atoms with E-state index in [4.69, 9.17) is 5.11 Å². The van der Waals surface area contributed by atoms with Gasteiger partial charge in [-0.2, -0.15) is 5.10 Å². The number of H-pyrrole nitrogens is 1. The molecule has 0 fully saturated rings. The van der Waals surface area contributed by atoms with Gasteiger partial charge in [-0.25, -0.2) is 9.18 Å². The van der Waals surface area contributed by atoms with Crippen molar-refractivity contribution in [2.24, 2.45) is 0 Å². The van der Waals surface area contributed by atoms with Crippen LogP contribution in [0.15, 0.2) is 54.6 Å². The second kappa shape index (κ2) is 5.20. The molecular weight excluding hydrogens is 271 g/mol. The molecule has 1 aromatic heterocycles. The van der Waals surface area contributed by atoms with E-state index in [-0.39, 0.29) is 11.4 Å². The molecule has 0 saturated carbocycles. The number of carboxylic acids is 1. The zero-order valence-electron chi connectivity index (χ0n) is 10.9. The number of aromatic carboxylic acids is 1. The van der Waals surface area contributed by atoms with Crippen LogP contribution in [0.25, 0.3) is 22.5 Å². The average Bonchev–Trinajstić information content (AvgIpc) is 2.97. The third-order valence-corrected chi connectivity index (χ3v) is 3.12. The molecule has 0 bridgehead atoms. The van der Waals surface area contributed by atoms with Crippen molar-refractivity contribution in [3.05, 3.63) is 66.0 Å². The minimum Gasteiger partial charge on any atom is -0.478 e. The van der Waals surface area contributed by atoms with Crippen LogP contribution in [0.1, 0.15) is 10.4 Å². The Balaban J connectivity index is 1.98. The van der Waals surface area contributed by atoms with Gasteiger partial charge in [0.2, 0.25) is 0 Å². The van der Waals surface area contributed by atoms with E-state index in [0.29, 0.717) is 22.5 Å². The van der Waals surface area contributed by atoms with E-state index >= 15 is 0 Å². The largest absolute Gasteiger partial charge is 0.478 e. The zero-order chi connectivity index (χ0) is 14.8. The first-order valence-corrected chi connectivity index (χ1v) is 6.28. The molecule has 2 N–H and O–H groups in total. The standard InChI is InChI=1S/C16H11FN2O2/c17-13-6-2-4-11(8-13)15-9-14(18-19-15)10-3-1-5-12(7-10)16(20)21/h1-9H,(H,18,19)(H,20,21). The summed E-state index contributed by atoms with van der Waals surface area (Å²) in [6, 6.07) is 14.4. The summed E-state index contributed by atoms with van der Waals surface area (Å²) in [6.07, 6.45) is 0. The van der Waals surface area contributed by atoms with Gasteiger partial charge in [0.15, 0.2) is 0 Å². The SMILES string of the molecule is O=C(O)c1cccc(-c2cc(-c3cccc(F)c3)n[nH]2)c1. The van der Waals surface area contributed by atoms with Crippen LogP contribution in [0, 0.1) is 5.82 Å². The minimum absolute atomic E-state index is 0.203. The lowest BCUT2D eigenvalue weighted by atomic mass is 10.1. The smallest absolute Gasteiger partial charge is 0.335 e. The summed E-state index contributed by atoms with van der Waals surface area (Å²) < 4.78 is 13.2. The molecule has 3 aromatic rings. The molecule has 5 heteroatoms. The van der Waals surface area contributed by atoms with Crippen molar-refractivity contribution < 1.29 is 14.3 Å². The predicted octanol–water partition coefficient (Wildman–Crippen LogP) is 3.58. The van der Waals surface area contributed by atoms with Gasteiger partial charge in [0.05, 0.1) is 17.0 Å². The lowest BCUT2D eigenvalue weighted by Crippen LogP contribution is -1.95. The highest BCUT2D eigenvalue weighted by Gasteiger charge is 2.09. The Labute approximate surface area is 119 Å². The molecule has 0 unspecified atom stereocenters. The van der Waals surface area contributed by atoms with E-state index in [0.717, 1.165) is 0 Å². The molecule has 0 radical (unpaired) electrons.